The highest BCUT2D eigenvalue weighted by molar-refractivity contribution is 6.43. The van der Waals surface area contributed by atoms with Gasteiger partial charge in [-0.15, -0.1) is 0 Å². The second kappa shape index (κ2) is 5.72. The maximum atomic E-state index is 11.3. The molecule has 3 rings (SSSR count). The lowest BCUT2D eigenvalue weighted by atomic mass is 10.1. The van der Waals surface area contributed by atoms with Crippen LogP contribution in [0.5, 0.6) is 0 Å². The molecule has 0 N–H and O–H groups in total. The molecule has 0 aliphatic rings. The lowest BCUT2D eigenvalue weighted by molar-refractivity contribution is 0.112. The molecule has 104 valence electrons. The van der Waals surface area contributed by atoms with Crippen LogP contribution in [-0.4, -0.2) is 16.1 Å². The summed E-state index contributed by atoms with van der Waals surface area (Å²) in [5, 5.41) is 5.29. The van der Waals surface area contributed by atoms with Gasteiger partial charge in [0.05, 0.1) is 21.3 Å². The molecule has 0 saturated heterocycles. The minimum atomic E-state index is 0.389. The van der Waals surface area contributed by atoms with E-state index < -0.39 is 0 Å². The van der Waals surface area contributed by atoms with Crippen LogP contribution < -0.4 is 0 Å². The summed E-state index contributed by atoms with van der Waals surface area (Å²) in [6, 6.07) is 14.8. The zero-order chi connectivity index (χ0) is 14.8. The Labute approximate surface area is 131 Å². The Hall–Kier alpha value is -2.10. The van der Waals surface area contributed by atoms with Crippen LogP contribution in [0.4, 0.5) is 0 Å². The molecule has 0 aliphatic heterocycles. The number of aldehydes is 1. The number of carbonyl (C=O) groups excluding carboxylic acids is 1. The molecule has 0 saturated carbocycles. The van der Waals surface area contributed by atoms with Crippen molar-refractivity contribution in [2.75, 3.05) is 0 Å². The topological polar surface area (TPSA) is 34.9 Å². The fourth-order valence-electron chi connectivity index (χ4n) is 2.08. The zero-order valence-corrected chi connectivity index (χ0v) is 12.3. The Bertz CT molecular complexity index is 797. The number of para-hydroxylation sites is 1. The first-order valence-corrected chi connectivity index (χ1v) is 7.01. The van der Waals surface area contributed by atoms with Crippen LogP contribution in [0.15, 0.2) is 54.7 Å². The van der Waals surface area contributed by atoms with Crippen LogP contribution in [-0.2, 0) is 0 Å². The Balaban J connectivity index is 2.17. The number of rotatable bonds is 3. The number of nitrogens with zero attached hydrogens (tertiary/aromatic N) is 2. The third kappa shape index (κ3) is 2.58. The van der Waals surface area contributed by atoms with Crippen LogP contribution in [0.2, 0.25) is 10.0 Å². The summed E-state index contributed by atoms with van der Waals surface area (Å²) in [5.74, 6) is 0. The molecule has 0 bridgehead atoms. The number of hydrogen-bond acceptors (Lipinski definition) is 2. The van der Waals surface area contributed by atoms with Gasteiger partial charge >= 0.3 is 0 Å². The lowest BCUT2D eigenvalue weighted by Crippen LogP contribution is -1.94. The van der Waals surface area contributed by atoms with Crippen molar-refractivity contribution in [3.63, 3.8) is 0 Å². The van der Waals surface area contributed by atoms with Crippen LogP contribution in [0.1, 0.15) is 10.4 Å². The Morgan fingerprint density at radius 1 is 1.00 bits per heavy atom. The number of carbonyl (C=O) groups is 1. The van der Waals surface area contributed by atoms with E-state index >= 15 is 0 Å². The van der Waals surface area contributed by atoms with Crippen molar-refractivity contribution in [3.8, 4) is 16.9 Å². The number of benzene rings is 2. The molecular formula is C16H10Cl2N2O. The predicted octanol–water partition coefficient (Wildman–Crippen LogP) is 4.66. The van der Waals surface area contributed by atoms with Crippen molar-refractivity contribution in [1.82, 2.24) is 9.78 Å². The number of halogens is 2. The fourth-order valence-corrected chi connectivity index (χ4v) is 2.47. The molecule has 0 unspecified atom stereocenters. The predicted molar refractivity (Wildman–Crippen MR) is 84.4 cm³/mol. The zero-order valence-electron chi connectivity index (χ0n) is 10.8. The summed E-state index contributed by atoms with van der Waals surface area (Å²) in [5.41, 5.74) is 2.48. The first-order chi connectivity index (χ1) is 10.2. The molecule has 0 radical (unpaired) electrons. The van der Waals surface area contributed by atoms with Gasteiger partial charge in [-0.3, -0.25) is 4.79 Å². The molecule has 0 spiro atoms. The van der Waals surface area contributed by atoms with Crippen molar-refractivity contribution in [2.45, 2.75) is 0 Å². The Kier molecular flexibility index (Phi) is 3.78. The fraction of sp³-hybridized carbons (Fsp3) is 0. The highest BCUT2D eigenvalue weighted by atomic mass is 35.5. The molecule has 1 aromatic heterocycles. The van der Waals surface area contributed by atoms with E-state index in [0.29, 0.717) is 26.9 Å². The van der Waals surface area contributed by atoms with Gasteiger partial charge < -0.3 is 0 Å². The van der Waals surface area contributed by atoms with E-state index in [1.165, 1.54) is 0 Å². The van der Waals surface area contributed by atoms with Crippen LogP contribution in [0.3, 0.4) is 0 Å². The molecule has 5 heteroatoms. The lowest BCUT2D eigenvalue weighted by Gasteiger charge is -2.03. The average molecular weight is 317 g/mol. The molecule has 21 heavy (non-hydrogen) atoms. The Morgan fingerprint density at radius 3 is 2.48 bits per heavy atom. The van der Waals surface area contributed by atoms with Crippen molar-refractivity contribution >= 4 is 29.5 Å². The number of aromatic nitrogens is 2. The van der Waals surface area contributed by atoms with E-state index in [2.05, 4.69) is 5.10 Å². The van der Waals surface area contributed by atoms with E-state index in [1.54, 1.807) is 29.1 Å². The van der Waals surface area contributed by atoms with Gasteiger partial charge in [-0.05, 0) is 18.2 Å². The third-order valence-electron chi connectivity index (χ3n) is 3.10. The van der Waals surface area contributed by atoms with E-state index in [-0.39, 0.29) is 0 Å². The minimum absolute atomic E-state index is 0.389. The molecule has 1 heterocycles. The SMILES string of the molecule is O=Cc1cn(-c2ccccc2)nc1-c1cccc(Cl)c1Cl. The molecule has 3 aromatic rings. The second-order valence-corrected chi connectivity index (χ2v) is 5.22. The van der Waals surface area contributed by atoms with E-state index in [9.17, 15) is 4.79 Å². The maximum Gasteiger partial charge on any atom is 0.153 e. The summed E-state index contributed by atoms with van der Waals surface area (Å²) >= 11 is 12.2. The summed E-state index contributed by atoms with van der Waals surface area (Å²) in [7, 11) is 0. The van der Waals surface area contributed by atoms with Gasteiger partial charge in [0.2, 0.25) is 0 Å². The highest BCUT2D eigenvalue weighted by Crippen LogP contribution is 2.34. The standard InChI is InChI=1S/C16H10Cl2N2O/c17-14-8-4-7-13(15(14)18)16-11(10-21)9-20(19-16)12-5-2-1-3-6-12/h1-10H. The highest BCUT2D eigenvalue weighted by Gasteiger charge is 2.15. The Morgan fingerprint density at radius 2 is 1.76 bits per heavy atom. The van der Waals surface area contributed by atoms with Crippen molar-refractivity contribution < 1.29 is 4.79 Å². The first kappa shape index (κ1) is 13.9. The molecule has 3 nitrogen and oxygen atoms in total. The molecule has 0 amide bonds. The second-order valence-electron chi connectivity index (χ2n) is 4.43. The average Bonchev–Trinajstić information content (AvgIpc) is 2.95. The van der Waals surface area contributed by atoms with Crippen molar-refractivity contribution in [1.29, 1.82) is 0 Å². The van der Waals surface area contributed by atoms with Crippen LogP contribution in [0, 0.1) is 0 Å². The van der Waals surface area contributed by atoms with Crippen LogP contribution >= 0.6 is 23.2 Å². The molecular weight excluding hydrogens is 307 g/mol. The normalized spacial score (nSPS) is 10.6. The smallest absolute Gasteiger partial charge is 0.153 e. The molecule has 2 aromatic carbocycles. The summed E-state index contributed by atoms with van der Waals surface area (Å²) in [6.45, 7) is 0. The quantitative estimate of drug-likeness (QED) is 0.659. The monoisotopic (exact) mass is 316 g/mol. The molecule has 0 aliphatic carbocycles. The van der Waals surface area contributed by atoms with Gasteiger partial charge in [-0.25, -0.2) is 4.68 Å². The van der Waals surface area contributed by atoms with Gasteiger partial charge in [-0.1, -0.05) is 53.5 Å². The van der Waals surface area contributed by atoms with E-state index in [0.717, 1.165) is 12.0 Å². The van der Waals surface area contributed by atoms with Gasteiger partial charge in [0, 0.05) is 11.8 Å². The summed E-state index contributed by atoms with van der Waals surface area (Å²) in [6.07, 6.45) is 2.44. The van der Waals surface area contributed by atoms with Crippen molar-refractivity contribution in [3.05, 3.63) is 70.3 Å². The minimum Gasteiger partial charge on any atom is -0.298 e. The molecule has 0 atom stereocenters. The summed E-state index contributed by atoms with van der Waals surface area (Å²) in [4.78, 5) is 11.3. The third-order valence-corrected chi connectivity index (χ3v) is 3.92. The number of hydrogen-bond donors (Lipinski definition) is 0. The van der Waals surface area contributed by atoms with E-state index in [1.807, 2.05) is 30.3 Å². The van der Waals surface area contributed by atoms with Gasteiger partial charge in [-0.2, -0.15) is 5.10 Å². The molecule has 0 fully saturated rings. The summed E-state index contributed by atoms with van der Waals surface area (Å²) < 4.78 is 1.65. The van der Waals surface area contributed by atoms with Gasteiger partial charge in [0.1, 0.15) is 5.69 Å². The maximum absolute atomic E-state index is 11.3. The largest absolute Gasteiger partial charge is 0.298 e. The van der Waals surface area contributed by atoms with Crippen LogP contribution in [0.25, 0.3) is 16.9 Å². The van der Waals surface area contributed by atoms with Gasteiger partial charge in [0.15, 0.2) is 6.29 Å². The van der Waals surface area contributed by atoms with Crippen molar-refractivity contribution in [2.24, 2.45) is 0 Å². The van der Waals surface area contributed by atoms with Gasteiger partial charge in [0.25, 0.3) is 0 Å². The first-order valence-electron chi connectivity index (χ1n) is 6.25. The van der Waals surface area contributed by atoms with E-state index in [4.69, 9.17) is 23.2 Å².